The highest BCUT2D eigenvalue weighted by atomic mass is 16.8. The SMILES string of the molecule is CC1(C)O[C@@H]2[C@H](O1)[C@@H](C(C)(C)O)C[C@H]2N1C(=O)c2ccccc2C1=O. The predicted molar refractivity (Wildman–Crippen MR) is 89.0 cm³/mol. The monoisotopic (exact) mass is 345 g/mol. The molecule has 134 valence electrons. The van der Waals surface area contributed by atoms with Crippen molar-refractivity contribution < 1.29 is 24.2 Å². The van der Waals surface area contributed by atoms with E-state index >= 15 is 0 Å². The first-order valence-corrected chi connectivity index (χ1v) is 8.65. The van der Waals surface area contributed by atoms with Gasteiger partial charge in [0.05, 0.1) is 28.9 Å². The third-order valence-corrected chi connectivity index (χ3v) is 5.50. The Balaban J connectivity index is 1.72. The van der Waals surface area contributed by atoms with Crippen molar-refractivity contribution in [2.75, 3.05) is 0 Å². The van der Waals surface area contributed by atoms with Crippen LogP contribution in [0.2, 0.25) is 0 Å². The molecule has 3 aliphatic rings. The molecule has 0 aromatic heterocycles. The van der Waals surface area contributed by atoms with Crippen molar-refractivity contribution in [1.29, 1.82) is 0 Å². The summed E-state index contributed by atoms with van der Waals surface area (Å²) in [6.07, 6.45) is -0.335. The van der Waals surface area contributed by atoms with Gasteiger partial charge in [-0.15, -0.1) is 0 Å². The normalized spacial score (nSPS) is 33.7. The Kier molecular flexibility index (Phi) is 3.42. The topological polar surface area (TPSA) is 76.1 Å². The van der Waals surface area contributed by atoms with E-state index in [2.05, 4.69) is 0 Å². The second-order valence-corrected chi connectivity index (χ2v) is 8.15. The van der Waals surface area contributed by atoms with Gasteiger partial charge in [-0.1, -0.05) is 12.1 Å². The molecule has 4 atom stereocenters. The third kappa shape index (κ3) is 2.43. The summed E-state index contributed by atoms with van der Waals surface area (Å²) < 4.78 is 12.1. The first-order chi connectivity index (χ1) is 11.6. The van der Waals surface area contributed by atoms with E-state index in [0.29, 0.717) is 17.5 Å². The maximum Gasteiger partial charge on any atom is 0.261 e. The number of aliphatic hydroxyl groups is 1. The third-order valence-electron chi connectivity index (χ3n) is 5.50. The van der Waals surface area contributed by atoms with Crippen molar-refractivity contribution in [3.05, 3.63) is 35.4 Å². The number of fused-ring (bicyclic) bond motifs is 2. The molecule has 0 radical (unpaired) electrons. The van der Waals surface area contributed by atoms with Crippen LogP contribution >= 0.6 is 0 Å². The first-order valence-electron chi connectivity index (χ1n) is 8.65. The number of imide groups is 1. The average Bonchev–Trinajstić information content (AvgIpc) is 3.08. The van der Waals surface area contributed by atoms with E-state index < -0.39 is 23.5 Å². The number of hydrogen-bond donors (Lipinski definition) is 1. The van der Waals surface area contributed by atoms with E-state index in [9.17, 15) is 14.7 Å². The molecule has 0 spiro atoms. The lowest BCUT2D eigenvalue weighted by Crippen LogP contribution is -2.46. The van der Waals surface area contributed by atoms with E-state index in [4.69, 9.17) is 9.47 Å². The zero-order valence-corrected chi connectivity index (χ0v) is 14.9. The maximum absolute atomic E-state index is 12.8. The molecular formula is C19H23NO5. The number of rotatable bonds is 2. The molecule has 1 saturated carbocycles. The smallest absolute Gasteiger partial charge is 0.261 e. The molecule has 2 amide bonds. The van der Waals surface area contributed by atoms with Gasteiger partial charge in [-0.25, -0.2) is 0 Å². The van der Waals surface area contributed by atoms with Crippen LogP contribution in [0.3, 0.4) is 0 Å². The molecule has 1 aromatic rings. The van der Waals surface area contributed by atoms with Gasteiger partial charge in [0.25, 0.3) is 11.8 Å². The number of nitrogens with zero attached hydrogens (tertiary/aromatic N) is 1. The Hall–Kier alpha value is -1.76. The molecule has 0 bridgehead atoms. The number of hydrogen-bond acceptors (Lipinski definition) is 5. The molecule has 1 saturated heterocycles. The summed E-state index contributed by atoms with van der Waals surface area (Å²) in [4.78, 5) is 27.0. The van der Waals surface area contributed by atoms with Crippen LogP contribution in [-0.2, 0) is 9.47 Å². The molecule has 2 heterocycles. The lowest BCUT2D eigenvalue weighted by Gasteiger charge is -2.31. The zero-order chi connectivity index (χ0) is 18.1. The summed E-state index contributed by atoms with van der Waals surface area (Å²) in [5.74, 6) is -1.63. The van der Waals surface area contributed by atoms with Crippen LogP contribution in [0.1, 0.15) is 54.8 Å². The largest absolute Gasteiger partial charge is 0.390 e. The fourth-order valence-corrected chi connectivity index (χ4v) is 4.41. The molecule has 6 heteroatoms. The summed E-state index contributed by atoms with van der Waals surface area (Å²) in [5, 5.41) is 10.6. The second kappa shape index (κ2) is 5.13. The average molecular weight is 345 g/mol. The fraction of sp³-hybridized carbons (Fsp3) is 0.579. The van der Waals surface area contributed by atoms with Gasteiger partial charge in [-0.2, -0.15) is 0 Å². The second-order valence-electron chi connectivity index (χ2n) is 8.15. The molecule has 4 rings (SSSR count). The van der Waals surface area contributed by atoms with Crippen LogP contribution < -0.4 is 0 Å². The van der Waals surface area contributed by atoms with Crippen molar-refractivity contribution in [2.24, 2.45) is 5.92 Å². The summed E-state index contributed by atoms with van der Waals surface area (Å²) in [6, 6.07) is 6.40. The van der Waals surface area contributed by atoms with Crippen LogP contribution in [-0.4, -0.2) is 51.5 Å². The van der Waals surface area contributed by atoms with Gasteiger partial charge >= 0.3 is 0 Å². The minimum Gasteiger partial charge on any atom is -0.390 e. The van der Waals surface area contributed by atoms with Crippen molar-refractivity contribution in [2.45, 2.75) is 63.8 Å². The van der Waals surface area contributed by atoms with Crippen LogP contribution in [0.15, 0.2) is 24.3 Å². The van der Waals surface area contributed by atoms with Crippen LogP contribution in [0, 0.1) is 5.92 Å². The molecule has 0 unspecified atom stereocenters. The fourth-order valence-electron chi connectivity index (χ4n) is 4.41. The minimum absolute atomic E-state index is 0.228. The number of benzene rings is 1. The van der Waals surface area contributed by atoms with Gasteiger partial charge in [-0.05, 0) is 46.2 Å². The van der Waals surface area contributed by atoms with Crippen molar-refractivity contribution in [1.82, 2.24) is 4.90 Å². The van der Waals surface area contributed by atoms with Crippen LogP contribution in [0.5, 0.6) is 0 Å². The van der Waals surface area contributed by atoms with Gasteiger partial charge in [0, 0.05) is 5.92 Å². The maximum atomic E-state index is 12.8. The molecule has 1 aliphatic carbocycles. The molecule has 25 heavy (non-hydrogen) atoms. The highest BCUT2D eigenvalue weighted by Crippen LogP contribution is 2.48. The van der Waals surface area contributed by atoms with Crippen molar-refractivity contribution in [3.63, 3.8) is 0 Å². The minimum atomic E-state index is -1.000. The Morgan fingerprint density at radius 3 is 2.12 bits per heavy atom. The van der Waals surface area contributed by atoms with E-state index in [0.717, 1.165) is 0 Å². The number of carbonyl (C=O) groups is 2. The molecule has 6 nitrogen and oxygen atoms in total. The predicted octanol–water partition coefficient (Wildman–Crippen LogP) is 1.96. The van der Waals surface area contributed by atoms with Gasteiger partial charge in [0.2, 0.25) is 0 Å². The van der Waals surface area contributed by atoms with Gasteiger partial charge in [-0.3, -0.25) is 14.5 Å². The van der Waals surface area contributed by atoms with Crippen molar-refractivity contribution >= 4 is 11.8 Å². The molecular weight excluding hydrogens is 322 g/mol. The van der Waals surface area contributed by atoms with Gasteiger partial charge < -0.3 is 14.6 Å². The summed E-state index contributed by atoms with van der Waals surface area (Å²) in [6.45, 7) is 7.08. The lowest BCUT2D eigenvalue weighted by atomic mass is 9.87. The Morgan fingerprint density at radius 2 is 1.60 bits per heavy atom. The molecule has 2 fully saturated rings. The van der Waals surface area contributed by atoms with E-state index in [1.165, 1.54) is 4.90 Å². The lowest BCUT2D eigenvalue weighted by molar-refractivity contribution is -0.170. The Labute approximate surface area is 146 Å². The van der Waals surface area contributed by atoms with Crippen LogP contribution in [0.4, 0.5) is 0 Å². The molecule has 1 aromatic carbocycles. The van der Waals surface area contributed by atoms with Gasteiger partial charge in [0.1, 0.15) is 6.10 Å². The van der Waals surface area contributed by atoms with Gasteiger partial charge in [0.15, 0.2) is 5.79 Å². The summed E-state index contributed by atoms with van der Waals surface area (Å²) in [7, 11) is 0. The Morgan fingerprint density at radius 1 is 1.08 bits per heavy atom. The first kappa shape index (κ1) is 16.7. The number of carbonyl (C=O) groups excluding carboxylic acids is 2. The van der Waals surface area contributed by atoms with E-state index in [1.54, 1.807) is 38.1 Å². The Bertz CT molecular complexity index is 715. The van der Waals surface area contributed by atoms with Crippen LogP contribution in [0.25, 0.3) is 0 Å². The standard InChI is InChI=1S/C19H23NO5/c1-18(2,23)12-9-13(15-14(12)24-19(3,4)25-15)20-16(21)10-7-5-6-8-11(10)17(20)22/h5-8,12-15,23H,9H2,1-4H3/t12-,13+,14+,15-/m0/s1. The zero-order valence-electron chi connectivity index (χ0n) is 14.9. The molecule has 2 aliphatic heterocycles. The quantitative estimate of drug-likeness (QED) is 0.829. The number of ether oxygens (including phenoxy) is 2. The van der Waals surface area contributed by atoms with E-state index in [-0.39, 0.29) is 23.8 Å². The highest BCUT2D eigenvalue weighted by Gasteiger charge is 2.61. The summed E-state index contributed by atoms with van der Waals surface area (Å²) >= 11 is 0. The highest BCUT2D eigenvalue weighted by molar-refractivity contribution is 6.21. The number of amides is 2. The van der Waals surface area contributed by atoms with Crippen molar-refractivity contribution in [3.8, 4) is 0 Å². The molecule has 1 N–H and O–H groups in total. The summed E-state index contributed by atoms with van der Waals surface area (Å²) in [5.41, 5.74) is -0.150. The van der Waals surface area contributed by atoms with E-state index in [1.807, 2.05) is 13.8 Å².